The predicted molar refractivity (Wildman–Crippen MR) is 93.0 cm³/mol. The summed E-state index contributed by atoms with van der Waals surface area (Å²) in [4.78, 5) is 13.2. The molecule has 0 radical (unpaired) electrons. The molecule has 2 rings (SSSR count). The highest BCUT2D eigenvalue weighted by Gasteiger charge is 2.23. The Kier molecular flexibility index (Phi) is 6.33. The Bertz CT molecular complexity index is 771. The van der Waals surface area contributed by atoms with Crippen LogP contribution in [0, 0.1) is 11.6 Å². The van der Waals surface area contributed by atoms with Crippen molar-refractivity contribution < 1.29 is 23.2 Å². The van der Waals surface area contributed by atoms with Crippen LogP contribution in [0.1, 0.15) is 12.5 Å². The third kappa shape index (κ3) is 4.90. The lowest BCUT2D eigenvalue weighted by molar-refractivity contribution is -0.907. The summed E-state index contributed by atoms with van der Waals surface area (Å²) < 4.78 is 31.7. The molecule has 2 aromatic carbocycles. The van der Waals surface area contributed by atoms with E-state index in [0.717, 1.165) is 16.5 Å². The van der Waals surface area contributed by atoms with Crippen molar-refractivity contribution in [1.29, 1.82) is 0 Å². The summed E-state index contributed by atoms with van der Waals surface area (Å²) in [5.41, 5.74) is 1.10. The monoisotopic (exact) mass is 369 g/mol. The van der Waals surface area contributed by atoms with E-state index >= 15 is 0 Å². The zero-order valence-electron chi connectivity index (χ0n) is 14.2. The van der Waals surface area contributed by atoms with Crippen molar-refractivity contribution in [3.63, 3.8) is 0 Å². The van der Waals surface area contributed by atoms with Gasteiger partial charge in [-0.05, 0) is 43.3 Å². The van der Waals surface area contributed by atoms with Gasteiger partial charge >= 0.3 is 0 Å². The fourth-order valence-electron chi connectivity index (χ4n) is 2.35. The molecule has 1 amide bonds. The topological polar surface area (TPSA) is 42.8 Å². The van der Waals surface area contributed by atoms with Crippen LogP contribution in [-0.4, -0.2) is 26.1 Å². The highest BCUT2D eigenvalue weighted by atomic mass is 35.5. The third-order valence-corrected chi connectivity index (χ3v) is 4.33. The number of methoxy groups -OCH3 is 1. The molecule has 0 aliphatic rings. The van der Waals surface area contributed by atoms with E-state index in [-0.39, 0.29) is 16.7 Å². The molecule has 7 heteroatoms. The van der Waals surface area contributed by atoms with Crippen LogP contribution >= 0.6 is 11.6 Å². The molecule has 0 spiro atoms. The molecule has 2 N–H and O–H groups in total. The van der Waals surface area contributed by atoms with Crippen molar-refractivity contribution in [2.45, 2.75) is 19.5 Å². The number of hydrogen-bond acceptors (Lipinski definition) is 2. The molecular formula is C18H20ClF2N2O2+. The molecule has 0 heterocycles. The normalized spacial score (nSPS) is 13.2. The highest BCUT2D eigenvalue weighted by molar-refractivity contribution is 6.33. The number of carbonyl (C=O) groups is 1. The molecule has 1 unspecified atom stereocenters. The van der Waals surface area contributed by atoms with Gasteiger partial charge in [-0.3, -0.25) is 4.79 Å². The van der Waals surface area contributed by atoms with Gasteiger partial charge in [-0.25, -0.2) is 8.78 Å². The van der Waals surface area contributed by atoms with Gasteiger partial charge in [0, 0.05) is 5.56 Å². The van der Waals surface area contributed by atoms with Crippen LogP contribution in [0.15, 0.2) is 36.4 Å². The Morgan fingerprint density at radius 1 is 1.28 bits per heavy atom. The lowest BCUT2D eigenvalue weighted by atomic mass is 10.1. The molecule has 2 atom stereocenters. The van der Waals surface area contributed by atoms with E-state index in [1.165, 1.54) is 25.3 Å². The molecule has 4 nitrogen and oxygen atoms in total. The number of anilines is 1. The first kappa shape index (κ1) is 19.1. The maximum atomic E-state index is 13.8. The van der Waals surface area contributed by atoms with Crippen molar-refractivity contribution in [1.82, 2.24) is 0 Å². The highest BCUT2D eigenvalue weighted by Crippen LogP contribution is 2.22. The average Bonchev–Trinajstić information content (AvgIpc) is 2.56. The minimum absolute atomic E-state index is 0.135. The summed E-state index contributed by atoms with van der Waals surface area (Å²) in [7, 11) is 3.24. The first-order chi connectivity index (χ1) is 11.8. The number of nitrogens with one attached hydrogen (secondary N) is 2. The SMILES string of the molecule is COc1ccc(C[NH+](C)[C@H](C)C(=O)Nc2ccc(F)cc2Cl)cc1F. The summed E-state index contributed by atoms with van der Waals surface area (Å²) >= 11 is 5.92. The number of rotatable bonds is 6. The molecule has 0 aliphatic carbocycles. The Hall–Kier alpha value is -2.18. The molecule has 2 aromatic rings. The van der Waals surface area contributed by atoms with E-state index in [1.807, 2.05) is 7.05 Å². The summed E-state index contributed by atoms with van der Waals surface area (Å²) in [5.74, 6) is -0.999. The van der Waals surface area contributed by atoms with Gasteiger partial charge in [-0.2, -0.15) is 0 Å². The zero-order chi connectivity index (χ0) is 18.6. The fraction of sp³-hybridized carbons (Fsp3) is 0.278. The number of amides is 1. The maximum Gasteiger partial charge on any atom is 0.282 e. The van der Waals surface area contributed by atoms with Gasteiger partial charge in [0.05, 0.1) is 24.9 Å². The molecule has 0 aromatic heterocycles. The quantitative estimate of drug-likeness (QED) is 0.822. The lowest BCUT2D eigenvalue weighted by Crippen LogP contribution is -3.12. The molecular weight excluding hydrogens is 350 g/mol. The predicted octanol–water partition coefficient (Wildman–Crippen LogP) is 2.67. The Balaban J connectivity index is 2.02. The molecule has 0 fully saturated rings. The van der Waals surface area contributed by atoms with Gasteiger partial charge in [-0.1, -0.05) is 11.6 Å². The van der Waals surface area contributed by atoms with E-state index in [9.17, 15) is 13.6 Å². The van der Waals surface area contributed by atoms with Gasteiger partial charge in [0.15, 0.2) is 17.6 Å². The van der Waals surface area contributed by atoms with Gasteiger partial charge in [0.25, 0.3) is 5.91 Å². The van der Waals surface area contributed by atoms with Gasteiger partial charge < -0.3 is 15.0 Å². The first-order valence-corrected chi connectivity index (χ1v) is 8.10. The number of benzene rings is 2. The Labute approximate surface area is 150 Å². The second kappa shape index (κ2) is 8.27. The van der Waals surface area contributed by atoms with Crippen molar-refractivity contribution in [2.75, 3.05) is 19.5 Å². The summed E-state index contributed by atoms with van der Waals surface area (Å²) in [6.45, 7) is 2.20. The van der Waals surface area contributed by atoms with E-state index in [2.05, 4.69) is 5.32 Å². The number of halogens is 3. The standard InChI is InChI=1S/C18H19ClF2N2O2/c1-11(18(24)22-16-6-5-13(20)9-14(16)19)23(2)10-12-4-7-17(25-3)15(21)8-12/h4-9,11H,10H2,1-3H3,(H,22,24)/p+1/t11-/m1/s1. The van der Waals surface area contributed by atoms with Crippen molar-refractivity contribution in [3.05, 3.63) is 58.6 Å². The number of likely N-dealkylation sites (N-methyl/N-ethyl adjacent to an activating group) is 1. The van der Waals surface area contributed by atoms with Crippen LogP contribution in [0.4, 0.5) is 14.5 Å². The number of hydrogen-bond donors (Lipinski definition) is 2. The van der Waals surface area contributed by atoms with Crippen molar-refractivity contribution >= 4 is 23.2 Å². The minimum Gasteiger partial charge on any atom is -0.494 e. The van der Waals surface area contributed by atoms with E-state index in [0.29, 0.717) is 12.2 Å². The second-order valence-electron chi connectivity index (χ2n) is 5.83. The summed E-state index contributed by atoms with van der Waals surface area (Å²) in [6, 6.07) is 8.06. The van der Waals surface area contributed by atoms with Crippen LogP contribution in [0.2, 0.25) is 5.02 Å². The van der Waals surface area contributed by atoms with E-state index in [4.69, 9.17) is 16.3 Å². The third-order valence-electron chi connectivity index (χ3n) is 4.02. The van der Waals surface area contributed by atoms with Crippen LogP contribution < -0.4 is 15.0 Å². The van der Waals surface area contributed by atoms with Gasteiger partial charge in [-0.15, -0.1) is 0 Å². The van der Waals surface area contributed by atoms with Gasteiger partial charge in [0.2, 0.25) is 0 Å². The van der Waals surface area contributed by atoms with Crippen LogP contribution in [-0.2, 0) is 11.3 Å². The summed E-state index contributed by atoms with van der Waals surface area (Å²) in [5, 5.41) is 2.82. The lowest BCUT2D eigenvalue weighted by Gasteiger charge is -2.21. The molecule has 25 heavy (non-hydrogen) atoms. The Morgan fingerprint density at radius 2 is 2.00 bits per heavy atom. The van der Waals surface area contributed by atoms with Crippen LogP contribution in [0.25, 0.3) is 0 Å². The first-order valence-electron chi connectivity index (χ1n) is 7.72. The van der Waals surface area contributed by atoms with E-state index in [1.54, 1.807) is 19.1 Å². The largest absolute Gasteiger partial charge is 0.494 e. The maximum absolute atomic E-state index is 13.8. The van der Waals surface area contributed by atoms with Gasteiger partial charge in [0.1, 0.15) is 12.4 Å². The minimum atomic E-state index is -0.472. The molecule has 0 aliphatic heterocycles. The van der Waals surface area contributed by atoms with Crippen LogP contribution in [0.3, 0.4) is 0 Å². The number of quaternary nitrogens is 1. The number of ether oxygens (including phenoxy) is 1. The summed E-state index contributed by atoms with van der Waals surface area (Å²) in [6.07, 6.45) is 0. The van der Waals surface area contributed by atoms with E-state index < -0.39 is 17.7 Å². The molecule has 134 valence electrons. The smallest absolute Gasteiger partial charge is 0.282 e. The molecule has 0 saturated heterocycles. The second-order valence-corrected chi connectivity index (χ2v) is 6.23. The fourth-order valence-corrected chi connectivity index (χ4v) is 2.57. The van der Waals surface area contributed by atoms with Crippen molar-refractivity contribution in [2.24, 2.45) is 0 Å². The molecule has 0 saturated carbocycles. The zero-order valence-corrected chi connectivity index (χ0v) is 15.0. The van der Waals surface area contributed by atoms with Crippen molar-refractivity contribution in [3.8, 4) is 5.75 Å². The van der Waals surface area contributed by atoms with Crippen LogP contribution in [0.5, 0.6) is 5.75 Å². The average molecular weight is 370 g/mol. The number of carbonyl (C=O) groups excluding carboxylic acids is 1. The molecule has 0 bridgehead atoms. The Morgan fingerprint density at radius 3 is 2.60 bits per heavy atom.